The Hall–Kier alpha value is -1.62. The summed E-state index contributed by atoms with van der Waals surface area (Å²) in [6.07, 6.45) is 5.45. The van der Waals surface area contributed by atoms with E-state index in [1.165, 1.54) is 0 Å². The SMILES string of the molecule is CC1CCNC(C(=O)Nc2cnccc2N(C)C)C1. The summed E-state index contributed by atoms with van der Waals surface area (Å²) in [6.45, 7) is 3.10. The quantitative estimate of drug-likeness (QED) is 0.866. The number of nitrogens with one attached hydrogen (secondary N) is 2. The highest BCUT2D eigenvalue weighted by Gasteiger charge is 2.25. The normalized spacial score (nSPS) is 22.9. The summed E-state index contributed by atoms with van der Waals surface area (Å²) in [5, 5.41) is 6.25. The Morgan fingerprint density at radius 1 is 1.53 bits per heavy atom. The maximum absolute atomic E-state index is 12.3. The maximum Gasteiger partial charge on any atom is 0.241 e. The highest BCUT2D eigenvalue weighted by molar-refractivity contribution is 5.97. The van der Waals surface area contributed by atoms with Gasteiger partial charge in [0.05, 0.1) is 23.6 Å². The Balaban J connectivity index is 2.06. The number of carbonyl (C=O) groups excluding carboxylic acids is 1. The second-order valence-corrected chi connectivity index (χ2v) is 5.41. The Kier molecular flexibility index (Phi) is 4.37. The van der Waals surface area contributed by atoms with Gasteiger partial charge in [0, 0.05) is 20.3 Å². The summed E-state index contributed by atoms with van der Waals surface area (Å²) in [7, 11) is 3.90. The summed E-state index contributed by atoms with van der Waals surface area (Å²) in [5.41, 5.74) is 1.73. The molecule has 2 N–H and O–H groups in total. The van der Waals surface area contributed by atoms with Crippen molar-refractivity contribution in [3.8, 4) is 0 Å². The Bertz CT molecular complexity index is 447. The molecule has 1 aromatic rings. The lowest BCUT2D eigenvalue weighted by atomic mass is 9.94. The van der Waals surface area contributed by atoms with Crippen molar-refractivity contribution in [2.24, 2.45) is 5.92 Å². The fourth-order valence-corrected chi connectivity index (χ4v) is 2.40. The lowest BCUT2D eigenvalue weighted by Crippen LogP contribution is -2.45. The largest absolute Gasteiger partial charge is 0.376 e. The Morgan fingerprint density at radius 2 is 2.32 bits per heavy atom. The van der Waals surface area contributed by atoms with Crippen LogP contribution in [-0.4, -0.2) is 37.6 Å². The number of hydrogen-bond donors (Lipinski definition) is 2. The van der Waals surface area contributed by atoms with Crippen molar-refractivity contribution in [1.29, 1.82) is 0 Å². The number of anilines is 2. The molecule has 0 spiro atoms. The van der Waals surface area contributed by atoms with Gasteiger partial charge in [-0.25, -0.2) is 0 Å². The van der Waals surface area contributed by atoms with E-state index in [0.29, 0.717) is 5.92 Å². The van der Waals surface area contributed by atoms with Crippen molar-refractivity contribution in [2.75, 3.05) is 30.9 Å². The molecular formula is C14H22N4O. The van der Waals surface area contributed by atoms with Crippen LogP contribution in [0.4, 0.5) is 11.4 Å². The van der Waals surface area contributed by atoms with E-state index in [4.69, 9.17) is 0 Å². The van der Waals surface area contributed by atoms with Crippen molar-refractivity contribution >= 4 is 17.3 Å². The van der Waals surface area contributed by atoms with Gasteiger partial charge in [-0.3, -0.25) is 9.78 Å². The van der Waals surface area contributed by atoms with Crippen LogP contribution in [0.1, 0.15) is 19.8 Å². The van der Waals surface area contributed by atoms with Crippen LogP contribution in [0.15, 0.2) is 18.5 Å². The minimum atomic E-state index is -0.0982. The van der Waals surface area contributed by atoms with E-state index in [-0.39, 0.29) is 11.9 Å². The standard InChI is InChI=1S/C14H22N4O/c1-10-4-7-16-11(8-10)14(19)17-12-9-15-6-5-13(12)18(2)3/h5-6,9-11,16H,4,7-8H2,1-3H3,(H,17,19). The predicted octanol–water partition coefficient (Wildman–Crippen LogP) is 1.47. The number of nitrogens with zero attached hydrogens (tertiary/aromatic N) is 2. The first kappa shape index (κ1) is 13.8. The number of pyridine rings is 1. The second kappa shape index (κ2) is 6.02. The fraction of sp³-hybridized carbons (Fsp3) is 0.571. The number of aromatic nitrogens is 1. The molecule has 1 amide bonds. The zero-order valence-corrected chi connectivity index (χ0v) is 11.8. The highest BCUT2D eigenvalue weighted by atomic mass is 16.2. The first-order valence-electron chi connectivity index (χ1n) is 6.73. The molecule has 2 heterocycles. The lowest BCUT2D eigenvalue weighted by molar-refractivity contribution is -0.119. The van der Waals surface area contributed by atoms with Gasteiger partial charge in [-0.05, 0) is 31.4 Å². The molecule has 2 atom stereocenters. The number of hydrogen-bond acceptors (Lipinski definition) is 4. The van der Waals surface area contributed by atoms with Crippen LogP contribution in [0.5, 0.6) is 0 Å². The average Bonchev–Trinajstić information content (AvgIpc) is 2.39. The van der Waals surface area contributed by atoms with E-state index in [9.17, 15) is 4.79 Å². The molecule has 0 bridgehead atoms. The Labute approximate surface area is 114 Å². The van der Waals surface area contributed by atoms with Crippen molar-refractivity contribution in [3.05, 3.63) is 18.5 Å². The summed E-state index contributed by atoms with van der Waals surface area (Å²) in [4.78, 5) is 18.3. The number of amides is 1. The van der Waals surface area contributed by atoms with Gasteiger partial charge in [0.2, 0.25) is 5.91 Å². The van der Waals surface area contributed by atoms with Crippen molar-refractivity contribution < 1.29 is 4.79 Å². The molecule has 1 fully saturated rings. The molecule has 0 radical (unpaired) electrons. The minimum Gasteiger partial charge on any atom is -0.376 e. The van der Waals surface area contributed by atoms with E-state index in [0.717, 1.165) is 30.8 Å². The fourth-order valence-electron chi connectivity index (χ4n) is 2.40. The van der Waals surface area contributed by atoms with Crippen LogP contribution in [0, 0.1) is 5.92 Å². The highest BCUT2D eigenvalue weighted by Crippen LogP contribution is 2.23. The molecule has 1 aliphatic rings. The van der Waals surface area contributed by atoms with Crippen LogP contribution in [0.3, 0.4) is 0 Å². The van der Waals surface area contributed by atoms with E-state index in [2.05, 4.69) is 22.5 Å². The monoisotopic (exact) mass is 262 g/mol. The van der Waals surface area contributed by atoms with Gasteiger partial charge in [0.25, 0.3) is 0 Å². The molecule has 1 aliphatic heterocycles. The van der Waals surface area contributed by atoms with Crippen LogP contribution >= 0.6 is 0 Å². The van der Waals surface area contributed by atoms with Gasteiger partial charge >= 0.3 is 0 Å². The zero-order valence-electron chi connectivity index (χ0n) is 11.8. The van der Waals surface area contributed by atoms with Gasteiger partial charge in [-0.1, -0.05) is 6.92 Å². The molecule has 1 aromatic heterocycles. The van der Waals surface area contributed by atoms with Crippen LogP contribution in [-0.2, 0) is 4.79 Å². The lowest BCUT2D eigenvalue weighted by Gasteiger charge is -2.27. The average molecular weight is 262 g/mol. The molecule has 104 valence electrons. The third-order valence-corrected chi connectivity index (χ3v) is 3.52. The van der Waals surface area contributed by atoms with E-state index >= 15 is 0 Å². The van der Waals surface area contributed by atoms with E-state index in [1.54, 1.807) is 12.4 Å². The van der Waals surface area contributed by atoms with E-state index < -0.39 is 0 Å². The third-order valence-electron chi connectivity index (χ3n) is 3.52. The summed E-state index contributed by atoms with van der Waals surface area (Å²) in [5.74, 6) is 0.627. The van der Waals surface area contributed by atoms with Gasteiger partial charge in [0.1, 0.15) is 0 Å². The molecule has 0 aliphatic carbocycles. The molecule has 0 aromatic carbocycles. The molecule has 19 heavy (non-hydrogen) atoms. The molecule has 2 rings (SSSR count). The van der Waals surface area contributed by atoms with Gasteiger partial charge < -0.3 is 15.5 Å². The number of piperidine rings is 1. The molecule has 2 unspecified atom stereocenters. The summed E-state index contributed by atoms with van der Waals surface area (Å²) >= 11 is 0. The molecule has 1 saturated heterocycles. The van der Waals surface area contributed by atoms with Gasteiger partial charge in [0.15, 0.2) is 0 Å². The van der Waals surface area contributed by atoms with Gasteiger partial charge in [-0.2, -0.15) is 0 Å². The first-order chi connectivity index (χ1) is 9.08. The van der Waals surface area contributed by atoms with Crippen LogP contribution < -0.4 is 15.5 Å². The zero-order chi connectivity index (χ0) is 13.8. The van der Waals surface area contributed by atoms with E-state index in [1.807, 2.05) is 25.1 Å². The molecule has 5 heteroatoms. The van der Waals surface area contributed by atoms with Crippen molar-refractivity contribution in [1.82, 2.24) is 10.3 Å². The number of carbonyl (C=O) groups is 1. The van der Waals surface area contributed by atoms with Crippen molar-refractivity contribution in [3.63, 3.8) is 0 Å². The number of rotatable bonds is 3. The van der Waals surface area contributed by atoms with Crippen LogP contribution in [0.25, 0.3) is 0 Å². The van der Waals surface area contributed by atoms with Crippen LogP contribution in [0.2, 0.25) is 0 Å². The van der Waals surface area contributed by atoms with Crippen molar-refractivity contribution in [2.45, 2.75) is 25.8 Å². The predicted molar refractivity (Wildman–Crippen MR) is 77.4 cm³/mol. The summed E-state index contributed by atoms with van der Waals surface area (Å²) in [6, 6.07) is 1.80. The molecule has 5 nitrogen and oxygen atoms in total. The topological polar surface area (TPSA) is 57.3 Å². The molecular weight excluding hydrogens is 240 g/mol. The molecule has 0 saturated carbocycles. The van der Waals surface area contributed by atoms with Gasteiger partial charge in [-0.15, -0.1) is 0 Å². The summed E-state index contributed by atoms with van der Waals surface area (Å²) < 4.78 is 0. The Morgan fingerprint density at radius 3 is 3.00 bits per heavy atom. The third kappa shape index (κ3) is 3.44. The first-order valence-corrected chi connectivity index (χ1v) is 6.73. The smallest absolute Gasteiger partial charge is 0.241 e. The maximum atomic E-state index is 12.3. The second-order valence-electron chi connectivity index (χ2n) is 5.41. The minimum absolute atomic E-state index is 0.0302.